The van der Waals surface area contributed by atoms with E-state index >= 15 is 0 Å². The van der Waals surface area contributed by atoms with Crippen LogP contribution in [0.1, 0.15) is 28.1 Å². The van der Waals surface area contributed by atoms with Crippen LogP contribution in [0.3, 0.4) is 0 Å². The van der Waals surface area contributed by atoms with Gasteiger partial charge in [0.05, 0.1) is 23.6 Å². The molecule has 0 bridgehead atoms. The van der Waals surface area contributed by atoms with E-state index in [1.165, 1.54) is 6.07 Å². The van der Waals surface area contributed by atoms with Crippen LogP contribution in [0.15, 0.2) is 78.9 Å². The number of aromatic nitrogens is 2. The molecule has 166 valence electrons. The summed E-state index contributed by atoms with van der Waals surface area (Å²) in [4.78, 5) is 13.4. The van der Waals surface area contributed by atoms with Crippen molar-refractivity contribution in [2.75, 3.05) is 5.32 Å². The number of benzene rings is 3. The summed E-state index contributed by atoms with van der Waals surface area (Å²) in [5, 5.41) is 7.87. The zero-order chi connectivity index (χ0) is 23.4. The van der Waals surface area contributed by atoms with Crippen LogP contribution in [0.2, 0.25) is 5.02 Å². The second-order valence-corrected chi connectivity index (χ2v) is 8.10. The number of hydrogen-bond acceptors (Lipinski definition) is 2. The van der Waals surface area contributed by atoms with Gasteiger partial charge in [-0.1, -0.05) is 78.3 Å². The highest BCUT2D eigenvalue weighted by Crippen LogP contribution is 2.26. The third-order valence-electron chi connectivity index (χ3n) is 5.43. The molecular formula is C27H23ClFN3O. The molecule has 0 unspecified atom stereocenters. The molecule has 0 aliphatic heterocycles. The van der Waals surface area contributed by atoms with Crippen LogP contribution >= 0.6 is 11.6 Å². The second-order valence-electron chi connectivity index (χ2n) is 7.69. The van der Waals surface area contributed by atoms with Gasteiger partial charge in [-0.15, -0.1) is 0 Å². The molecule has 6 heteroatoms. The topological polar surface area (TPSA) is 46.9 Å². The van der Waals surface area contributed by atoms with Gasteiger partial charge < -0.3 is 5.32 Å². The molecule has 1 heterocycles. The van der Waals surface area contributed by atoms with Gasteiger partial charge in [-0.25, -0.2) is 4.39 Å². The van der Waals surface area contributed by atoms with Crippen LogP contribution in [0.4, 0.5) is 10.1 Å². The monoisotopic (exact) mass is 459 g/mol. The van der Waals surface area contributed by atoms with Gasteiger partial charge >= 0.3 is 0 Å². The Morgan fingerprint density at radius 1 is 1.00 bits per heavy atom. The average molecular weight is 460 g/mol. The van der Waals surface area contributed by atoms with E-state index in [1.807, 2.05) is 80.6 Å². The largest absolute Gasteiger partial charge is 0.319 e. The van der Waals surface area contributed by atoms with E-state index < -0.39 is 5.82 Å². The minimum absolute atomic E-state index is 0.166. The summed E-state index contributed by atoms with van der Waals surface area (Å²) >= 11 is 6.19. The molecule has 1 amide bonds. The summed E-state index contributed by atoms with van der Waals surface area (Å²) in [6, 6.07) is 23.8. The zero-order valence-corrected chi connectivity index (χ0v) is 19.1. The Kier molecular flexibility index (Phi) is 6.71. The maximum atomic E-state index is 14.3. The summed E-state index contributed by atoms with van der Waals surface area (Å²) in [6.07, 6.45) is 1.86. The molecule has 1 N–H and O–H groups in total. The van der Waals surface area contributed by atoms with Crippen molar-refractivity contribution in [3.8, 4) is 0 Å². The highest BCUT2D eigenvalue weighted by Gasteiger charge is 2.19. The quantitative estimate of drug-likeness (QED) is 0.263. The number of nitrogens with zero attached hydrogens (tertiary/aromatic N) is 2. The van der Waals surface area contributed by atoms with E-state index in [4.69, 9.17) is 11.6 Å². The summed E-state index contributed by atoms with van der Waals surface area (Å²) < 4.78 is 15.9. The van der Waals surface area contributed by atoms with Crippen molar-refractivity contribution in [1.82, 2.24) is 9.78 Å². The lowest BCUT2D eigenvalue weighted by Gasteiger charge is -2.11. The molecule has 33 heavy (non-hydrogen) atoms. The van der Waals surface area contributed by atoms with Crippen molar-refractivity contribution in [3.63, 3.8) is 0 Å². The summed E-state index contributed by atoms with van der Waals surface area (Å²) in [5.74, 6) is -0.641. The molecule has 0 aliphatic carbocycles. The number of amides is 1. The van der Waals surface area contributed by atoms with Crippen molar-refractivity contribution < 1.29 is 9.18 Å². The van der Waals surface area contributed by atoms with E-state index in [1.54, 1.807) is 16.8 Å². The predicted molar refractivity (Wildman–Crippen MR) is 132 cm³/mol. The number of nitrogens with one attached hydrogen (secondary N) is 1. The lowest BCUT2D eigenvalue weighted by atomic mass is 10.0. The number of carbonyl (C=O) groups excluding carboxylic acids is 1. The lowest BCUT2D eigenvalue weighted by molar-refractivity contribution is -0.111. The number of hydrogen-bond donors (Lipinski definition) is 1. The normalized spacial score (nSPS) is 11.5. The second kappa shape index (κ2) is 9.84. The van der Waals surface area contributed by atoms with Crippen LogP contribution in [-0.2, 0) is 11.3 Å². The Bertz CT molecular complexity index is 1290. The van der Waals surface area contributed by atoms with Gasteiger partial charge in [-0.3, -0.25) is 9.48 Å². The first-order chi connectivity index (χ1) is 15.9. The summed E-state index contributed by atoms with van der Waals surface area (Å²) in [7, 11) is 0. The number of halogens is 2. The zero-order valence-electron chi connectivity index (χ0n) is 18.3. The Balaban J connectivity index is 1.66. The van der Waals surface area contributed by atoms with Crippen LogP contribution in [0.5, 0.6) is 0 Å². The molecule has 0 saturated carbocycles. The van der Waals surface area contributed by atoms with E-state index in [9.17, 15) is 9.18 Å². The van der Waals surface area contributed by atoms with Crippen molar-refractivity contribution >= 4 is 34.8 Å². The predicted octanol–water partition coefficient (Wildman–Crippen LogP) is 6.52. The van der Waals surface area contributed by atoms with Crippen molar-refractivity contribution in [2.24, 2.45) is 0 Å². The van der Waals surface area contributed by atoms with Gasteiger partial charge in [0.2, 0.25) is 0 Å². The number of rotatable bonds is 6. The highest BCUT2D eigenvalue weighted by molar-refractivity contribution is 6.31. The number of aryl methyl sites for hydroxylation is 1. The van der Waals surface area contributed by atoms with Crippen molar-refractivity contribution in [2.45, 2.75) is 20.4 Å². The third kappa shape index (κ3) is 5.04. The molecular weight excluding hydrogens is 437 g/mol. The molecule has 0 saturated heterocycles. The third-order valence-corrected chi connectivity index (χ3v) is 5.78. The number of carbonyl (C=O) groups is 1. The Morgan fingerprint density at radius 3 is 2.33 bits per heavy atom. The van der Waals surface area contributed by atoms with Gasteiger partial charge in [0.25, 0.3) is 5.91 Å². The average Bonchev–Trinajstić information content (AvgIpc) is 3.08. The van der Waals surface area contributed by atoms with Gasteiger partial charge in [-0.2, -0.15) is 5.10 Å². The molecule has 0 atom stereocenters. The molecule has 3 aromatic carbocycles. The fourth-order valence-corrected chi connectivity index (χ4v) is 3.88. The molecule has 1 aromatic heterocycles. The molecule has 0 spiro atoms. The smallest absolute Gasteiger partial charge is 0.256 e. The van der Waals surface area contributed by atoms with Gasteiger partial charge in [-0.05, 0) is 43.2 Å². The van der Waals surface area contributed by atoms with Gasteiger partial charge in [0, 0.05) is 16.2 Å². The fraction of sp³-hybridized carbons (Fsp3) is 0.111. The molecule has 0 aliphatic rings. The molecule has 0 radical (unpaired) electrons. The molecule has 4 nitrogen and oxygen atoms in total. The Morgan fingerprint density at radius 2 is 1.67 bits per heavy atom. The van der Waals surface area contributed by atoms with Crippen LogP contribution in [0, 0.1) is 19.7 Å². The van der Waals surface area contributed by atoms with Crippen LogP contribution in [0.25, 0.3) is 11.6 Å². The fourth-order valence-electron chi connectivity index (χ4n) is 3.66. The van der Waals surface area contributed by atoms with Crippen molar-refractivity contribution in [1.29, 1.82) is 0 Å². The summed E-state index contributed by atoms with van der Waals surface area (Å²) in [5.41, 5.74) is 4.57. The highest BCUT2D eigenvalue weighted by atomic mass is 35.5. The van der Waals surface area contributed by atoms with Gasteiger partial charge in [0.15, 0.2) is 0 Å². The van der Waals surface area contributed by atoms with E-state index in [2.05, 4.69) is 10.4 Å². The minimum Gasteiger partial charge on any atom is -0.319 e. The first-order valence-corrected chi connectivity index (χ1v) is 10.9. The van der Waals surface area contributed by atoms with E-state index in [0.717, 1.165) is 11.1 Å². The van der Waals surface area contributed by atoms with E-state index in [-0.39, 0.29) is 12.5 Å². The maximum Gasteiger partial charge on any atom is 0.256 e. The maximum absolute atomic E-state index is 14.3. The van der Waals surface area contributed by atoms with Crippen LogP contribution in [-0.4, -0.2) is 15.7 Å². The van der Waals surface area contributed by atoms with Crippen LogP contribution < -0.4 is 5.32 Å². The lowest BCUT2D eigenvalue weighted by Crippen LogP contribution is -2.15. The van der Waals surface area contributed by atoms with Gasteiger partial charge in [0.1, 0.15) is 5.82 Å². The summed E-state index contributed by atoms with van der Waals surface area (Å²) in [6.45, 7) is 3.82. The molecule has 4 aromatic rings. The Labute approximate surface area is 197 Å². The SMILES string of the molecule is Cc1nn(Cc2c(F)cccc2Cl)c(C)c1NC(=O)/C(=C\c1ccccc1)c1ccccc1. The van der Waals surface area contributed by atoms with E-state index in [0.29, 0.717) is 33.2 Å². The number of anilines is 1. The standard InChI is InChI=1S/C27H23ClFN3O/c1-18-26(19(2)32(31-18)17-23-24(28)14-9-15-25(23)29)30-27(33)22(21-12-7-4-8-13-21)16-20-10-5-3-6-11-20/h3-16H,17H2,1-2H3,(H,30,33)/b22-16-. The first kappa shape index (κ1) is 22.5. The first-order valence-electron chi connectivity index (χ1n) is 10.5. The Hall–Kier alpha value is -3.70. The molecule has 0 fully saturated rings. The minimum atomic E-state index is -0.391. The van der Waals surface area contributed by atoms with Crippen molar-refractivity contribution in [3.05, 3.63) is 118 Å². The molecule has 4 rings (SSSR count).